The maximum atomic E-state index is 8.59. The third kappa shape index (κ3) is 1.48. The van der Waals surface area contributed by atoms with E-state index < -0.39 is 0 Å². The molecule has 0 spiro atoms. The molecule has 0 atom stereocenters. The average Bonchev–Trinajstić information content (AvgIpc) is 2.43. The zero-order valence-electron chi connectivity index (χ0n) is 5.17. The molecule has 3 heteroatoms. The second-order valence-corrected chi connectivity index (χ2v) is 4.41. The van der Waals surface area contributed by atoms with Crippen LogP contribution in [0.5, 0.6) is 0 Å². The van der Waals surface area contributed by atoms with Gasteiger partial charge in [0.1, 0.15) is 0 Å². The fourth-order valence-electron chi connectivity index (χ4n) is 0.460. The second kappa shape index (κ2) is 3.58. The van der Waals surface area contributed by atoms with E-state index in [1.807, 2.05) is 17.5 Å². The van der Waals surface area contributed by atoms with Crippen molar-refractivity contribution >= 4 is 15.1 Å². The van der Waals surface area contributed by atoms with E-state index in [1.165, 1.54) is 0 Å². The molecule has 0 aliphatic heterocycles. The molecule has 56 valence electrons. The monoisotopic (exact) mass is 199 g/mol. The van der Waals surface area contributed by atoms with E-state index >= 15 is 0 Å². The summed E-state index contributed by atoms with van der Waals surface area (Å²) in [6.07, 6.45) is 0. The number of rotatable bonds is 2. The second-order valence-electron chi connectivity index (χ2n) is 1.32. The van der Waals surface area contributed by atoms with E-state index in [-0.39, 0.29) is 13.9 Å². The maximum absolute atomic E-state index is 8.59. The first kappa shape index (κ1) is 7.56. The van der Waals surface area contributed by atoms with Crippen molar-refractivity contribution in [3.63, 3.8) is 0 Å². The first-order valence-electron chi connectivity index (χ1n) is 2.50. The molecule has 1 heterocycles. The molecule has 0 aromatic carbocycles. The van der Waals surface area contributed by atoms with Gasteiger partial charge in [0, 0.05) is 0 Å². The Labute approximate surface area is 68.5 Å². The van der Waals surface area contributed by atoms with Crippen molar-refractivity contribution in [1.29, 1.82) is 5.26 Å². The molecule has 0 amide bonds. The molecule has 1 rings (SSSR count). The number of nitriles is 1. The van der Waals surface area contributed by atoms with Gasteiger partial charge in [0.15, 0.2) is 0 Å². The third-order valence-electron chi connectivity index (χ3n) is 0.821. The van der Waals surface area contributed by atoms with Crippen LogP contribution in [0.1, 0.15) is 0 Å². The molecule has 0 aliphatic carbocycles. The van der Waals surface area contributed by atoms with Gasteiger partial charge in [-0.25, -0.2) is 0 Å². The van der Waals surface area contributed by atoms with Crippen LogP contribution in [0.25, 0.3) is 0 Å². The summed E-state index contributed by atoms with van der Waals surface area (Å²) in [6.45, 7) is 3.58. The van der Waals surface area contributed by atoms with Crippen LogP contribution in [0.4, 0.5) is 0 Å². The fourth-order valence-corrected chi connectivity index (χ4v) is 2.48. The molecular formula is C7H6CuNS. The van der Waals surface area contributed by atoms with Gasteiger partial charge in [-0.05, 0) is 0 Å². The van der Waals surface area contributed by atoms with Crippen LogP contribution in [-0.2, 0) is 13.9 Å². The fraction of sp³-hybridized carbons (Fsp3) is 0. The standard InChI is InChI=1S/C4H3S.C2H3.CN.Cu/c1-2-4-5-3-1;2*1-2;/h1-3H;1H,2H2;;. The Morgan fingerprint density at radius 1 is 1.80 bits per heavy atom. The number of thiophene rings is 1. The minimum atomic E-state index is -0.318. The summed E-state index contributed by atoms with van der Waals surface area (Å²) in [5, 5.41) is 10.6. The van der Waals surface area contributed by atoms with E-state index in [1.54, 1.807) is 16.3 Å². The first-order chi connectivity index (χ1) is 4.88. The van der Waals surface area contributed by atoms with Crippen molar-refractivity contribution < 1.29 is 13.9 Å². The van der Waals surface area contributed by atoms with Gasteiger partial charge in [-0.3, -0.25) is 0 Å². The van der Waals surface area contributed by atoms with Gasteiger partial charge in [0.25, 0.3) is 0 Å². The summed E-state index contributed by atoms with van der Waals surface area (Å²) >= 11 is 1.28. The van der Waals surface area contributed by atoms with Crippen molar-refractivity contribution in [2.24, 2.45) is 0 Å². The van der Waals surface area contributed by atoms with Gasteiger partial charge < -0.3 is 0 Å². The van der Waals surface area contributed by atoms with Crippen LogP contribution in [0.2, 0.25) is 0 Å². The van der Waals surface area contributed by atoms with Crippen molar-refractivity contribution in [3.8, 4) is 4.97 Å². The summed E-state index contributed by atoms with van der Waals surface area (Å²) in [7, 11) is 0. The van der Waals surface area contributed by atoms with Gasteiger partial charge in [-0.15, -0.1) is 0 Å². The molecule has 0 N–H and O–H groups in total. The molecule has 0 fully saturated rings. The molecular weight excluding hydrogens is 194 g/mol. The first-order valence-corrected chi connectivity index (χ1v) is 4.87. The van der Waals surface area contributed by atoms with E-state index in [2.05, 4.69) is 11.5 Å². The molecule has 0 unspecified atom stereocenters. The summed E-state index contributed by atoms with van der Waals surface area (Å²) in [5.41, 5.74) is 0. The summed E-state index contributed by atoms with van der Waals surface area (Å²) in [5.74, 6) is 0. The van der Waals surface area contributed by atoms with E-state index in [0.717, 1.165) is 3.78 Å². The molecule has 0 bridgehead atoms. The van der Waals surface area contributed by atoms with Gasteiger partial charge in [-0.1, -0.05) is 0 Å². The van der Waals surface area contributed by atoms with Crippen molar-refractivity contribution in [2.45, 2.75) is 0 Å². The summed E-state index contributed by atoms with van der Waals surface area (Å²) < 4.78 is 1.09. The normalized spacial score (nSPS) is 10.1. The predicted molar refractivity (Wildman–Crippen MR) is 39.8 cm³/mol. The third-order valence-corrected chi connectivity index (χ3v) is 3.60. The minimum absolute atomic E-state index is 0.318. The Hall–Kier alpha value is -0.551. The van der Waals surface area contributed by atoms with Crippen molar-refractivity contribution in [2.75, 3.05) is 0 Å². The Morgan fingerprint density at radius 3 is 3.00 bits per heavy atom. The van der Waals surface area contributed by atoms with Crippen LogP contribution in [0.15, 0.2) is 29.1 Å². The number of hydrogen-bond acceptors (Lipinski definition) is 2. The Bertz CT molecular complexity index is 247. The number of hydrogen-bond donors (Lipinski definition) is 0. The molecule has 1 nitrogen and oxygen atoms in total. The van der Waals surface area contributed by atoms with E-state index in [9.17, 15) is 0 Å². The molecule has 0 aliphatic rings. The van der Waals surface area contributed by atoms with Crippen LogP contribution < -0.4 is 3.78 Å². The number of nitrogens with zero attached hydrogens (tertiary/aromatic N) is 1. The molecule has 1 aromatic rings. The van der Waals surface area contributed by atoms with Crippen molar-refractivity contribution in [3.05, 3.63) is 29.1 Å². The van der Waals surface area contributed by atoms with Gasteiger partial charge in [0.2, 0.25) is 0 Å². The zero-order chi connectivity index (χ0) is 7.40. The zero-order valence-corrected chi connectivity index (χ0v) is 6.93. The Balaban J connectivity index is 2.86. The molecule has 0 saturated heterocycles. The van der Waals surface area contributed by atoms with E-state index in [4.69, 9.17) is 5.26 Å². The molecule has 10 heavy (non-hydrogen) atoms. The topological polar surface area (TPSA) is 23.8 Å². The van der Waals surface area contributed by atoms with Crippen LogP contribution in [0, 0.1) is 10.2 Å². The molecule has 0 saturated carbocycles. The van der Waals surface area contributed by atoms with Gasteiger partial charge in [-0.2, -0.15) is 0 Å². The van der Waals surface area contributed by atoms with Crippen LogP contribution in [0.3, 0.4) is 0 Å². The van der Waals surface area contributed by atoms with E-state index in [0.29, 0.717) is 0 Å². The summed E-state index contributed by atoms with van der Waals surface area (Å²) in [6, 6.07) is 3.90. The predicted octanol–water partition coefficient (Wildman–Crippen LogP) is 1.62. The van der Waals surface area contributed by atoms with Gasteiger partial charge in [0.05, 0.1) is 0 Å². The van der Waals surface area contributed by atoms with Crippen LogP contribution >= 0.6 is 11.3 Å². The SMILES string of the molecule is C=[CH][Cu]([C]#N)[c]1cccs1. The summed E-state index contributed by atoms with van der Waals surface area (Å²) in [4.78, 5) is 3.85. The van der Waals surface area contributed by atoms with Crippen molar-refractivity contribution in [1.82, 2.24) is 0 Å². The van der Waals surface area contributed by atoms with Gasteiger partial charge >= 0.3 is 68.3 Å². The molecule has 1 aromatic heterocycles. The Morgan fingerprint density at radius 2 is 2.60 bits per heavy atom. The quantitative estimate of drug-likeness (QED) is 0.665. The molecule has 0 radical (unpaired) electrons. The Kier molecular flexibility index (Phi) is 2.70. The van der Waals surface area contributed by atoms with Crippen LogP contribution in [-0.4, -0.2) is 0 Å². The average molecular weight is 200 g/mol.